The molecule has 0 fully saturated rings. The van der Waals surface area contributed by atoms with Gasteiger partial charge in [0.2, 0.25) is 0 Å². The molecule has 1 rings (SSSR count). The summed E-state index contributed by atoms with van der Waals surface area (Å²) < 4.78 is 5.48. The van der Waals surface area contributed by atoms with E-state index in [0.29, 0.717) is 16.6 Å². The van der Waals surface area contributed by atoms with Gasteiger partial charge in [-0.2, -0.15) is 0 Å². The lowest BCUT2D eigenvalue weighted by Crippen LogP contribution is -2.30. The Kier molecular flexibility index (Phi) is 5.73. The van der Waals surface area contributed by atoms with Gasteiger partial charge in [0.25, 0.3) is 0 Å². The first-order valence-electron chi connectivity index (χ1n) is 5.78. The SMILES string of the molecule is CC(C)(C)OCC(O)CNc1cc(Cl)cc(Cl)c1. The van der Waals surface area contributed by atoms with Crippen molar-refractivity contribution in [1.82, 2.24) is 0 Å². The van der Waals surface area contributed by atoms with E-state index in [1.165, 1.54) is 0 Å². The quantitative estimate of drug-likeness (QED) is 0.871. The molecule has 1 aromatic rings. The lowest BCUT2D eigenvalue weighted by atomic mass is 10.2. The van der Waals surface area contributed by atoms with Gasteiger partial charge in [0.15, 0.2) is 0 Å². The maximum absolute atomic E-state index is 9.76. The summed E-state index contributed by atoms with van der Waals surface area (Å²) in [6, 6.07) is 5.17. The van der Waals surface area contributed by atoms with Crippen LogP contribution in [-0.4, -0.2) is 30.0 Å². The Morgan fingerprint density at radius 2 is 1.78 bits per heavy atom. The van der Waals surface area contributed by atoms with Crippen LogP contribution in [0.1, 0.15) is 20.8 Å². The zero-order valence-corrected chi connectivity index (χ0v) is 12.3. The minimum Gasteiger partial charge on any atom is -0.389 e. The molecule has 0 aliphatic heterocycles. The van der Waals surface area contributed by atoms with Crippen LogP contribution in [0.2, 0.25) is 10.0 Å². The molecule has 0 bridgehead atoms. The van der Waals surface area contributed by atoms with Crippen molar-refractivity contribution < 1.29 is 9.84 Å². The number of aliphatic hydroxyl groups is 1. The smallest absolute Gasteiger partial charge is 0.0945 e. The van der Waals surface area contributed by atoms with Crippen molar-refractivity contribution in [3.63, 3.8) is 0 Å². The van der Waals surface area contributed by atoms with Gasteiger partial charge >= 0.3 is 0 Å². The summed E-state index contributed by atoms with van der Waals surface area (Å²) in [5, 5.41) is 13.9. The average Bonchev–Trinajstić information content (AvgIpc) is 2.21. The first kappa shape index (κ1) is 15.6. The van der Waals surface area contributed by atoms with Crippen LogP contribution in [0.15, 0.2) is 18.2 Å². The van der Waals surface area contributed by atoms with Crippen molar-refractivity contribution in [3.05, 3.63) is 28.2 Å². The average molecular weight is 292 g/mol. The van der Waals surface area contributed by atoms with Gasteiger partial charge in [0, 0.05) is 22.3 Å². The third kappa shape index (κ3) is 6.45. The maximum atomic E-state index is 9.76. The molecule has 0 amide bonds. The molecule has 0 saturated heterocycles. The lowest BCUT2D eigenvalue weighted by Gasteiger charge is -2.22. The normalized spacial score (nSPS) is 13.4. The number of nitrogens with one attached hydrogen (secondary N) is 1. The van der Waals surface area contributed by atoms with Crippen LogP contribution in [0, 0.1) is 0 Å². The highest BCUT2D eigenvalue weighted by Gasteiger charge is 2.13. The molecular formula is C13H19Cl2NO2. The van der Waals surface area contributed by atoms with E-state index in [-0.39, 0.29) is 12.2 Å². The monoisotopic (exact) mass is 291 g/mol. The standard InChI is InChI=1S/C13H19Cl2NO2/c1-13(2,3)18-8-12(17)7-16-11-5-9(14)4-10(15)6-11/h4-6,12,16-17H,7-8H2,1-3H3. The summed E-state index contributed by atoms with van der Waals surface area (Å²) in [7, 11) is 0. The zero-order valence-electron chi connectivity index (χ0n) is 10.8. The molecule has 1 atom stereocenters. The summed E-state index contributed by atoms with van der Waals surface area (Å²) >= 11 is 11.7. The third-order valence-corrected chi connectivity index (χ3v) is 2.55. The Bertz CT molecular complexity index is 371. The molecule has 1 unspecified atom stereocenters. The highest BCUT2D eigenvalue weighted by Crippen LogP contribution is 2.22. The lowest BCUT2D eigenvalue weighted by molar-refractivity contribution is -0.0449. The van der Waals surface area contributed by atoms with E-state index in [1.807, 2.05) is 20.8 Å². The van der Waals surface area contributed by atoms with E-state index in [1.54, 1.807) is 18.2 Å². The van der Waals surface area contributed by atoms with Gasteiger partial charge in [-0.1, -0.05) is 23.2 Å². The minimum atomic E-state index is -0.581. The molecule has 1 aromatic carbocycles. The number of hydrogen-bond donors (Lipinski definition) is 2. The molecule has 102 valence electrons. The fourth-order valence-corrected chi connectivity index (χ4v) is 1.82. The van der Waals surface area contributed by atoms with Crippen molar-refractivity contribution in [2.45, 2.75) is 32.5 Å². The summed E-state index contributed by atoms with van der Waals surface area (Å²) in [5.41, 5.74) is 0.530. The van der Waals surface area contributed by atoms with Crippen molar-refractivity contribution in [2.24, 2.45) is 0 Å². The van der Waals surface area contributed by atoms with Crippen molar-refractivity contribution in [2.75, 3.05) is 18.5 Å². The van der Waals surface area contributed by atoms with E-state index in [2.05, 4.69) is 5.32 Å². The van der Waals surface area contributed by atoms with Gasteiger partial charge < -0.3 is 15.2 Å². The predicted octanol–water partition coefficient (Wildman–Crippen LogP) is 3.58. The molecule has 0 aliphatic rings. The highest BCUT2D eigenvalue weighted by atomic mass is 35.5. The predicted molar refractivity (Wildman–Crippen MR) is 76.7 cm³/mol. The summed E-state index contributed by atoms with van der Waals surface area (Å²) in [6.07, 6.45) is -0.581. The Morgan fingerprint density at radius 3 is 2.28 bits per heavy atom. The van der Waals surface area contributed by atoms with E-state index < -0.39 is 6.10 Å². The zero-order chi connectivity index (χ0) is 13.8. The number of aliphatic hydroxyl groups excluding tert-OH is 1. The van der Waals surface area contributed by atoms with Crippen LogP contribution in [0.25, 0.3) is 0 Å². The number of anilines is 1. The second-order valence-electron chi connectivity index (χ2n) is 5.12. The number of hydrogen-bond acceptors (Lipinski definition) is 3. The number of rotatable bonds is 5. The first-order chi connectivity index (χ1) is 8.26. The fourth-order valence-electron chi connectivity index (χ4n) is 1.30. The molecule has 0 heterocycles. The molecule has 0 radical (unpaired) electrons. The molecule has 0 aliphatic carbocycles. The van der Waals surface area contributed by atoms with Crippen LogP contribution in [0.5, 0.6) is 0 Å². The molecule has 3 nitrogen and oxygen atoms in total. The van der Waals surface area contributed by atoms with Crippen LogP contribution >= 0.6 is 23.2 Å². The van der Waals surface area contributed by atoms with E-state index in [9.17, 15) is 5.11 Å². The van der Waals surface area contributed by atoms with Crippen molar-refractivity contribution in [1.29, 1.82) is 0 Å². The Morgan fingerprint density at radius 1 is 1.22 bits per heavy atom. The molecular weight excluding hydrogens is 273 g/mol. The van der Waals surface area contributed by atoms with Crippen molar-refractivity contribution >= 4 is 28.9 Å². The van der Waals surface area contributed by atoms with Crippen LogP contribution in [-0.2, 0) is 4.74 Å². The van der Waals surface area contributed by atoms with Gasteiger partial charge in [-0.05, 0) is 39.0 Å². The molecule has 2 N–H and O–H groups in total. The summed E-state index contributed by atoms with van der Waals surface area (Å²) in [5.74, 6) is 0. The summed E-state index contributed by atoms with van der Waals surface area (Å²) in [6.45, 7) is 6.51. The fraction of sp³-hybridized carbons (Fsp3) is 0.538. The van der Waals surface area contributed by atoms with Gasteiger partial charge in [-0.25, -0.2) is 0 Å². The van der Waals surface area contributed by atoms with Gasteiger partial charge in [-0.3, -0.25) is 0 Å². The molecule has 18 heavy (non-hydrogen) atoms. The Balaban J connectivity index is 2.40. The van der Waals surface area contributed by atoms with E-state index >= 15 is 0 Å². The van der Waals surface area contributed by atoms with Crippen molar-refractivity contribution in [3.8, 4) is 0 Å². The van der Waals surface area contributed by atoms with Crippen LogP contribution in [0.4, 0.5) is 5.69 Å². The van der Waals surface area contributed by atoms with E-state index in [4.69, 9.17) is 27.9 Å². The highest BCUT2D eigenvalue weighted by molar-refractivity contribution is 6.35. The Labute approximate surface area is 118 Å². The van der Waals surface area contributed by atoms with Crippen LogP contribution < -0.4 is 5.32 Å². The van der Waals surface area contributed by atoms with Gasteiger partial charge in [0.05, 0.1) is 18.3 Å². The van der Waals surface area contributed by atoms with E-state index in [0.717, 1.165) is 5.69 Å². The number of halogens is 2. The second-order valence-corrected chi connectivity index (χ2v) is 5.99. The molecule has 0 aromatic heterocycles. The first-order valence-corrected chi connectivity index (χ1v) is 6.54. The summed E-state index contributed by atoms with van der Waals surface area (Å²) in [4.78, 5) is 0. The third-order valence-electron chi connectivity index (χ3n) is 2.11. The molecule has 0 spiro atoms. The number of ether oxygens (including phenoxy) is 1. The van der Waals surface area contributed by atoms with Crippen LogP contribution in [0.3, 0.4) is 0 Å². The number of benzene rings is 1. The Hall–Kier alpha value is -0.480. The maximum Gasteiger partial charge on any atom is 0.0945 e. The molecule has 5 heteroatoms. The minimum absolute atomic E-state index is 0.250. The van der Waals surface area contributed by atoms with Gasteiger partial charge in [0.1, 0.15) is 0 Å². The second kappa shape index (κ2) is 6.62. The molecule has 0 saturated carbocycles. The largest absolute Gasteiger partial charge is 0.389 e. The topological polar surface area (TPSA) is 41.5 Å². The van der Waals surface area contributed by atoms with Gasteiger partial charge in [-0.15, -0.1) is 0 Å².